The third-order valence-electron chi connectivity index (χ3n) is 4.03. The molecule has 0 aromatic rings. The first-order valence-corrected chi connectivity index (χ1v) is 5.61. The molecule has 0 saturated heterocycles. The highest BCUT2D eigenvalue weighted by Crippen LogP contribution is 2.43. The summed E-state index contributed by atoms with van der Waals surface area (Å²) in [5, 5.41) is 0. The van der Waals surface area contributed by atoms with Crippen LogP contribution in [0, 0.1) is 11.8 Å². The van der Waals surface area contributed by atoms with Gasteiger partial charge in [-0.15, -0.1) is 0 Å². The maximum Gasteiger partial charge on any atom is 0.245 e. The summed E-state index contributed by atoms with van der Waals surface area (Å²) in [6.45, 7) is 3.55. The Morgan fingerprint density at radius 1 is 1.36 bits per heavy atom. The van der Waals surface area contributed by atoms with Crippen molar-refractivity contribution in [2.24, 2.45) is 11.8 Å². The van der Waals surface area contributed by atoms with Crippen molar-refractivity contribution in [2.45, 2.75) is 38.1 Å². The number of rotatable bonds is 2. The van der Waals surface area contributed by atoms with Crippen molar-refractivity contribution in [1.82, 2.24) is 4.90 Å². The number of carbonyl (C=O) groups is 1. The van der Waals surface area contributed by atoms with Crippen molar-refractivity contribution >= 4 is 5.91 Å². The van der Waals surface area contributed by atoms with E-state index in [-0.39, 0.29) is 5.91 Å². The number of likely N-dealkylation sites (N-methyl/N-ethyl adjacent to an activating group) is 1. The predicted molar refractivity (Wildman–Crippen MR) is 56.8 cm³/mol. The zero-order valence-corrected chi connectivity index (χ0v) is 8.91. The van der Waals surface area contributed by atoms with Gasteiger partial charge in [-0.05, 0) is 37.2 Å². The molecular formula is C12H19NO. The molecule has 0 aromatic carbocycles. The topological polar surface area (TPSA) is 20.3 Å². The van der Waals surface area contributed by atoms with Crippen molar-refractivity contribution in [3.8, 4) is 0 Å². The molecule has 3 fully saturated rings. The maximum atomic E-state index is 11.5. The highest BCUT2D eigenvalue weighted by Gasteiger charge is 2.38. The third kappa shape index (κ3) is 1.58. The Bertz CT molecular complexity index is 241. The number of carbonyl (C=O) groups excluding carboxylic acids is 1. The average Bonchev–Trinajstić information content (AvgIpc) is 2.28. The molecule has 3 rings (SSSR count). The van der Waals surface area contributed by atoms with E-state index < -0.39 is 0 Å². The van der Waals surface area contributed by atoms with Crippen LogP contribution in [0.2, 0.25) is 0 Å². The molecule has 0 radical (unpaired) electrons. The summed E-state index contributed by atoms with van der Waals surface area (Å²) in [5.74, 6) is 1.72. The van der Waals surface area contributed by atoms with Crippen LogP contribution in [0.3, 0.4) is 0 Å². The highest BCUT2D eigenvalue weighted by atomic mass is 16.2. The molecule has 0 spiro atoms. The van der Waals surface area contributed by atoms with Gasteiger partial charge in [0.15, 0.2) is 0 Å². The highest BCUT2D eigenvalue weighted by molar-refractivity contribution is 5.87. The SMILES string of the molecule is C=CC(=O)N(C)C1CC2CCC1CC2. The quantitative estimate of drug-likeness (QED) is 0.616. The van der Waals surface area contributed by atoms with Gasteiger partial charge in [-0.3, -0.25) is 4.79 Å². The van der Waals surface area contributed by atoms with Gasteiger partial charge in [-0.25, -0.2) is 0 Å². The largest absolute Gasteiger partial charge is 0.339 e. The van der Waals surface area contributed by atoms with Gasteiger partial charge in [0.2, 0.25) is 5.91 Å². The number of amides is 1. The van der Waals surface area contributed by atoms with E-state index in [0.29, 0.717) is 6.04 Å². The summed E-state index contributed by atoms with van der Waals surface area (Å²) in [6, 6.07) is 0.494. The minimum atomic E-state index is 0.0857. The third-order valence-corrected chi connectivity index (χ3v) is 4.03. The van der Waals surface area contributed by atoms with E-state index >= 15 is 0 Å². The van der Waals surface area contributed by atoms with E-state index in [1.54, 1.807) is 0 Å². The molecule has 1 unspecified atom stereocenters. The van der Waals surface area contributed by atoms with Crippen molar-refractivity contribution < 1.29 is 4.79 Å². The van der Waals surface area contributed by atoms with Gasteiger partial charge >= 0.3 is 0 Å². The van der Waals surface area contributed by atoms with Crippen LogP contribution in [-0.4, -0.2) is 23.9 Å². The number of nitrogens with zero attached hydrogens (tertiary/aromatic N) is 1. The molecule has 2 heteroatoms. The summed E-state index contributed by atoms with van der Waals surface area (Å²) >= 11 is 0. The Kier molecular flexibility index (Phi) is 2.62. The number of fused-ring (bicyclic) bond motifs is 3. The average molecular weight is 193 g/mol. The Balaban J connectivity index is 2.04. The van der Waals surface area contributed by atoms with Gasteiger partial charge in [0, 0.05) is 13.1 Å². The Morgan fingerprint density at radius 2 is 2.00 bits per heavy atom. The lowest BCUT2D eigenvalue weighted by molar-refractivity contribution is -0.129. The molecule has 3 saturated carbocycles. The van der Waals surface area contributed by atoms with E-state index in [1.807, 2.05) is 11.9 Å². The lowest BCUT2D eigenvalue weighted by Gasteiger charge is -2.46. The second-order valence-corrected chi connectivity index (χ2v) is 4.74. The summed E-state index contributed by atoms with van der Waals surface area (Å²) in [7, 11) is 1.93. The van der Waals surface area contributed by atoms with Crippen LogP contribution in [0.1, 0.15) is 32.1 Å². The minimum absolute atomic E-state index is 0.0857. The zero-order valence-electron chi connectivity index (χ0n) is 8.91. The van der Waals surface area contributed by atoms with Crippen LogP contribution in [0.5, 0.6) is 0 Å². The monoisotopic (exact) mass is 193 g/mol. The van der Waals surface area contributed by atoms with E-state index in [9.17, 15) is 4.79 Å². The molecule has 78 valence electrons. The van der Waals surface area contributed by atoms with Gasteiger partial charge < -0.3 is 4.90 Å². The predicted octanol–water partition coefficient (Wildman–Crippen LogP) is 2.21. The molecule has 3 aliphatic rings. The second kappa shape index (κ2) is 3.76. The molecule has 1 amide bonds. The Labute approximate surface area is 86.0 Å². The molecular weight excluding hydrogens is 174 g/mol. The molecule has 14 heavy (non-hydrogen) atoms. The lowest BCUT2D eigenvalue weighted by Crippen LogP contribution is -2.47. The smallest absolute Gasteiger partial charge is 0.245 e. The van der Waals surface area contributed by atoms with E-state index in [1.165, 1.54) is 38.2 Å². The van der Waals surface area contributed by atoms with E-state index in [2.05, 4.69) is 6.58 Å². The Hall–Kier alpha value is -0.790. The van der Waals surface area contributed by atoms with Crippen molar-refractivity contribution in [3.05, 3.63) is 12.7 Å². The second-order valence-electron chi connectivity index (χ2n) is 4.74. The molecule has 2 nitrogen and oxygen atoms in total. The lowest BCUT2D eigenvalue weighted by atomic mass is 9.67. The fourth-order valence-electron chi connectivity index (χ4n) is 3.12. The van der Waals surface area contributed by atoms with Crippen molar-refractivity contribution in [2.75, 3.05) is 7.05 Å². The van der Waals surface area contributed by atoms with E-state index in [0.717, 1.165) is 11.8 Å². The van der Waals surface area contributed by atoms with Crippen molar-refractivity contribution in [1.29, 1.82) is 0 Å². The van der Waals surface area contributed by atoms with Crippen molar-refractivity contribution in [3.63, 3.8) is 0 Å². The number of hydrogen-bond donors (Lipinski definition) is 0. The Morgan fingerprint density at radius 3 is 2.43 bits per heavy atom. The summed E-state index contributed by atoms with van der Waals surface area (Å²) in [5.41, 5.74) is 0. The molecule has 0 aliphatic heterocycles. The molecule has 0 heterocycles. The van der Waals surface area contributed by atoms with Gasteiger partial charge in [0.05, 0.1) is 0 Å². The summed E-state index contributed by atoms with van der Waals surface area (Å²) in [4.78, 5) is 13.4. The fraction of sp³-hybridized carbons (Fsp3) is 0.750. The first kappa shape index (κ1) is 9.75. The summed E-state index contributed by atoms with van der Waals surface area (Å²) in [6.07, 6.45) is 8.08. The van der Waals surface area contributed by atoms with Crippen LogP contribution < -0.4 is 0 Å². The maximum absolute atomic E-state index is 11.5. The summed E-state index contributed by atoms with van der Waals surface area (Å²) < 4.78 is 0. The van der Waals surface area contributed by atoms with E-state index in [4.69, 9.17) is 0 Å². The van der Waals surface area contributed by atoms with Gasteiger partial charge in [-0.2, -0.15) is 0 Å². The molecule has 1 atom stereocenters. The molecule has 0 aromatic heterocycles. The van der Waals surface area contributed by atoms with Crippen LogP contribution in [0.4, 0.5) is 0 Å². The first-order chi connectivity index (χ1) is 6.72. The first-order valence-electron chi connectivity index (χ1n) is 5.61. The normalized spacial score (nSPS) is 35.4. The van der Waals surface area contributed by atoms with Crippen LogP contribution >= 0.6 is 0 Å². The molecule has 3 aliphatic carbocycles. The van der Waals surface area contributed by atoms with Gasteiger partial charge in [0.25, 0.3) is 0 Å². The van der Waals surface area contributed by atoms with Gasteiger partial charge in [-0.1, -0.05) is 19.4 Å². The minimum Gasteiger partial charge on any atom is -0.339 e. The standard InChI is InChI=1S/C12H19NO/c1-3-12(14)13(2)11-8-9-4-6-10(11)7-5-9/h3,9-11H,1,4-8H2,2H3. The van der Waals surface area contributed by atoms with Gasteiger partial charge in [0.1, 0.15) is 0 Å². The molecule has 0 N–H and O–H groups in total. The van der Waals surface area contributed by atoms with Crippen LogP contribution in [0.25, 0.3) is 0 Å². The van der Waals surface area contributed by atoms with Crippen LogP contribution in [-0.2, 0) is 4.79 Å². The molecule has 2 bridgehead atoms. The van der Waals surface area contributed by atoms with Crippen LogP contribution in [0.15, 0.2) is 12.7 Å². The number of hydrogen-bond acceptors (Lipinski definition) is 1. The fourth-order valence-corrected chi connectivity index (χ4v) is 3.12. The zero-order chi connectivity index (χ0) is 10.1.